The smallest absolute Gasteiger partial charge is 0.315 e. The SMILES string of the molecule is O=C(NCC1(Cc2ccccc2)CCC1)NC1CCCNC1=O. The average Bonchev–Trinajstić information content (AvgIpc) is 2.53. The van der Waals surface area contributed by atoms with Crippen molar-refractivity contribution >= 4 is 11.9 Å². The number of hydrogen-bond donors (Lipinski definition) is 3. The molecule has 2 fully saturated rings. The number of hydrogen-bond acceptors (Lipinski definition) is 2. The predicted molar refractivity (Wildman–Crippen MR) is 89.0 cm³/mol. The first-order chi connectivity index (χ1) is 11.2. The van der Waals surface area contributed by atoms with E-state index in [9.17, 15) is 9.59 Å². The summed E-state index contributed by atoms with van der Waals surface area (Å²) >= 11 is 0. The topological polar surface area (TPSA) is 70.2 Å². The van der Waals surface area contributed by atoms with Crippen LogP contribution in [0, 0.1) is 5.41 Å². The number of carbonyl (C=O) groups is 2. The lowest BCUT2D eigenvalue weighted by molar-refractivity contribution is -0.124. The third kappa shape index (κ3) is 4.03. The van der Waals surface area contributed by atoms with E-state index in [0.717, 1.165) is 25.7 Å². The third-order valence-corrected chi connectivity index (χ3v) is 5.05. The van der Waals surface area contributed by atoms with E-state index in [1.807, 2.05) is 6.07 Å². The first-order valence-electron chi connectivity index (χ1n) is 8.53. The van der Waals surface area contributed by atoms with Crippen molar-refractivity contribution in [1.29, 1.82) is 0 Å². The van der Waals surface area contributed by atoms with E-state index in [1.54, 1.807) is 0 Å². The number of carbonyl (C=O) groups excluding carboxylic acids is 2. The van der Waals surface area contributed by atoms with Gasteiger partial charge in [-0.2, -0.15) is 0 Å². The Morgan fingerprint density at radius 3 is 2.65 bits per heavy atom. The molecule has 3 rings (SSSR count). The second-order valence-corrected chi connectivity index (χ2v) is 6.83. The molecule has 5 nitrogen and oxygen atoms in total. The number of urea groups is 1. The van der Waals surface area contributed by atoms with Gasteiger partial charge in [-0.05, 0) is 43.1 Å². The van der Waals surface area contributed by atoms with Crippen LogP contribution in [-0.2, 0) is 11.2 Å². The van der Waals surface area contributed by atoms with Crippen LogP contribution in [0.5, 0.6) is 0 Å². The minimum Gasteiger partial charge on any atom is -0.354 e. The lowest BCUT2D eigenvalue weighted by atomic mass is 9.65. The van der Waals surface area contributed by atoms with Crippen molar-refractivity contribution in [3.63, 3.8) is 0 Å². The Kier molecular flexibility index (Phi) is 4.84. The van der Waals surface area contributed by atoms with Gasteiger partial charge >= 0.3 is 6.03 Å². The van der Waals surface area contributed by atoms with Crippen molar-refractivity contribution in [1.82, 2.24) is 16.0 Å². The van der Waals surface area contributed by atoms with Gasteiger partial charge in [-0.1, -0.05) is 36.8 Å². The molecule has 124 valence electrons. The fourth-order valence-electron chi connectivity index (χ4n) is 3.51. The molecule has 1 saturated heterocycles. The molecule has 0 aromatic heterocycles. The number of piperidine rings is 1. The molecule has 1 saturated carbocycles. The van der Waals surface area contributed by atoms with Gasteiger partial charge in [0.05, 0.1) is 0 Å². The standard InChI is InChI=1S/C18H25N3O2/c22-16-15(8-4-11-19-16)21-17(23)20-13-18(9-5-10-18)12-14-6-2-1-3-7-14/h1-3,6-7,15H,4-5,8-13H2,(H,19,22)(H2,20,21,23). The van der Waals surface area contributed by atoms with E-state index in [0.29, 0.717) is 19.5 Å². The number of rotatable bonds is 5. The zero-order valence-electron chi connectivity index (χ0n) is 13.4. The van der Waals surface area contributed by atoms with Crippen LogP contribution in [0.1, 0.15) is 37.7 Å². The molecule has 1 unspecified atom stereocenters. The van der Waals surface area contributed by atoms with Crippen LogP contribution in [0.4, 0.5) is 4.79 Å². The van der Waals surface area contributed by atoms with Gasteiger partial charge in [-0.25, -0.2) is 4.79 Å². The van der Waals surface area contributed by atoms with Gasteiger partial charge in [-0.3, -0.25) is 4.79 Å². The van der Waals surface area contributed by atoms with Crippen LogP contribution in [0.2, 0.25) is 0 Å². The predicted octanol–water partition coefficient (Wildman–Crippen LogP) is 1.98. The molecule has 1 aliphatic carbocycles. The summed E-state index contributed by atoms with van der Waals surface area (Å²) in [5, 5.41) is 8.56. The van der Waals surface area contributed by atoms with Gasteiger partial charge in [-0.15, -0.1) is 0 Å². The van der Waals surface area contributed by atoms with E-state index in [4.69, 9.17) is 0 Å². The van der Waals surface area contributed by atoms with Crippen LogP contribution in [-0.4, -0.2) is 31.1 Å². The van der Waals surface area contributed by atoms with Gasteiger partial charge in [0.15, 0.2) is 0 Å². The molecular formula is C18H25N3O2. The highest BCUT2D eigenvalue weighted by Crippen LogP contribution is 2.43. The quantitative estimate of drug-likeness (QED) is 0.777. The van der Waals surface area contributed by atoms with Crippen molar-refractivity contribution < 1.29 is 9.59 Å². The summed E-state index contributed by atoms with van der Waals surface area (Å²) in [7, 11) is 0. The van der Waals surface area contributed by atoms with Crippen molar-refractivity contribution in [2.24, 2.45) is 5.41 Å². The van der Waals surface area contributed by atoms with E-state index in [-0.39, 0.29) is 17.4 Å². The Labute approximate surface area is 137 Å². The normalized spacial score (nSPS) is 22.6. The van der Waals surface area contributed by atoms with Crippen LogP contribution < -0.4 is 16.0 Å². The summed E-state index contributed by atoms with van der Waals surface area (Å²) < 4.78 is 0. The Hall–Kier alpha value is -2.04. The molecule has 1 atom stereocenters. The zero-order valence-corrected chi connectivity index (χ0v) is 13.4. The molecular weight excluding hydrogens is 290 g/mol. The first kappa shape index (κ1) is 15.8. The molecule has 1 heterocycles. The van der Waals surface area contributed by atoms with E-state index in [2.05, 4.69) is 40.2 Å². The largest absolute Gasteiger partial charge is 0.354 e. The van der Waals surface area contributed by atoms with E-state index < -0.39 is 6.04 Å². The summed E-state index contributed by atoms with van der Waals surface area (Å²) in [6.45, 7) is 1.38. The van der Waals surface area contributed by atoms with Crippen molar-refractivity contribution in [2.45, 2.75) is 44.6 Å². The van der Waals surface area contributed by atoms with Crippen molar-refractivity contribution in [3.8, 4) is 0 Å². The Morgan fingerprint density at radius 2 is 2.00 bits per heavy atom. The third-order valence-electron chi connectivity index (χ3n) is 5.05. The minimum absolute atomic E-state index is 0.0750. The van der Waals surface area contributed by atoms with E-state index >= 15 is 0 Å². The Morgan fingerprint density at radius 1 is 1.22 bits per heavy atom. The highest BCUT2D eigenvalue weighted by Gasteiger charge is 2.37. The molecule has 1 aliphatic heterocycles. The second-order valence-electron chi connectivity index (χ2n) is 6.83. The monoisotopic (exact) mass is 315 g/mol. The summed E-state index contributed by atoms with van der Waals surface area (Å²) in [6, 6.07) is 9.81. The number of amides is 3. The van der Waals surface area contributed by atoms with Crippen LogP contribution in [0.25, 0.3) is 0 Å². The highest BCUT2D eigenvalue weighted by molar-refractivity contribution is 5.87. The summed E-state index contributed by atoms with van der Waals surface area (Å²) in [6.07, 6.45) is 6.14. The van der Waals surface area contributed by atoms with Crippen LogP contribution in [0.3, 0.4) is 0 Å². The lowest BCUT2D eigenvalue weighted by Crippen LogP contribution is -2.54. The molecule has 0 spiro atoms. The molecule has 3 amide bonds. The summed E-state index contributed by atoms with van der Waals surface area (Å²) in [5.41, 5.74) is 1.49. The molecule has 2 aliphatic rings. The van der Waals surface area contributed by atoms with Gasteiger partial charge in [0.25, 0.3) is 0 Å². The maximum atomic E-state index is 12.1. The molecule has 0 radical (unpaired) electrons. The molecule has 5 heteroatoms. The molecule has 1 aromatic carbocycles. The fourth-order valence-corrected chi connectivity index (χ4v) is 3.51. The highest BCUT2D eigenvalue weighted by atomic mass is 16.2. The second kappa shape index (κ2) is 7.02. The number of benzene rings is 1. The zero-order chi connectivity index (χ0) is 16.1. The minimum atomic E-state index is -0.393. The van der Waals surface area contributed by atoms with Gasteiger partial charge in [0, 0.05) is 13.1 Å². The Balaban J connectivity index is 1.49. The molecule has 23 heavy (non-hydrogen) atoms. The molecule has 1 aromatic rings. The van der Waals surface area contributed by atoms with Gasteiger partial charge in [0.1, 0.15) is 6.04 Å². The van der Waals surface area contributed by atoms with Crippen LogP contribution in [0.15, 0.2) is 30.3 Å². The van der Waals surface area contributed by atoms with E-state index in [1.165, 1.54) is 12.0 Å². The summed E-state index contributed by atoms with van der Waals surface area (Å²) in [5.74, 6) is -0.0750. The lowest BCUT2D eigenvalue weighted by Gasteiger charge is -2.42. The maximum absolute atomic E-state index is 12.1. The summed E-state index contributed by atoms with van der Waals surface area (Å²) in [4.78, 5) is 23.8. The first-order valence-corrected chi connectivity index (χ1v) is 8.53. The van der Waals surface area contributed by atoms with Crippen LogP contribution >= 0.6 is 0 Å². The molecule has 0 bridgehead atoms. The number of nitrogens with one attached hydrogen (secondary N) is 3. The van der Waals surface area contributed by atoms with Gasteiger partial charge in [0.2, 0.25) is 5.91 Å². The van der Waals surface area contributed by atoms with Gasteiger partial charge < -0.3 is 16.0 Å². The fraction of sp³-hybridized carbons (Fsp3) is 0.556. The maximum Gasteiger partial charge on any atom is 0.315 e. The van der Waals surface area contributed by atoms with Crippen molar-refractivity contribution in [3.05, 3.63) is 35.9 Å². The molecule has 3 N–H and O–H groups in total. The van der Waals surface area contributed by atoms with Crippen molar-refractivity contribution in [2.75, 3.05) is 13.1 Å². The Bertz CT molecular complexity index is 555. The average molecular weight is 315 g/mol.